The van der Waals surface area contributed by atoms with Gasteiger partial charge >= 0.3 is 0 Å². The number of amides is 1. The molecule has 132 valence electrons. The number of nitrogens with zero attached hydrogens (tertiary/aromatic N) is 4. The van der Waals surface area contributed by atoms with Crippen molar-refractivity contribution in [3.8, 4) is 11.3 Å². The molecular weight excluding hydrogens is 333 g/mol. The van der Waals surface area contributed by atoms with Gasteiger partial charge in [-0.1, -0.05) is 0 Å². The van der Waals surface area contributed by atoms with Crippen LogP contribution in [0.15, 0.2) is 54.9 Å². The van der Waals surface area contributed by atoms with E-state index < -0.39 is 0 Å². The number of H-pyrrole nitrogens is 1. The minimum absolute atomic E-state index is 0.0587. The number of pyridine rings is 1. The quantitative estimate of drug-likeness (QED) is 0.788. The largest absolute Gasteiger partial charge is 0.368 e. The summed E-state index contributed by atoms with van der Waals surface area (Å²) in [5.74, 6) is -0.302. The van der Waals surface area contributed by atoms with Crippen molar-refractivity contribution in [3.05, 3.63) is 66.4 Å². The third kappa shape index (κ3) is 3.28. The van der Waals surface area contributed by atoms with Gasteiger partial charge < -0.3 is 9.80 Å². The highest BCUT2D eigenvalue weighted by atomic mass is 19.1. The summed E-state index contributed by atoms with van der Waals surface area (Å²) in [4.78, 5) is 20.7. The lowest BCUT2D eigenvalue weighted by Gasteiger charge is -2.35. The topological polar surface area (TPSA) is 65.1 Å². The molecule has 3 heterocycles. The first-order valence-electron chi connectivity index (χ1n) is 8.46. The fourth-order valence-corrected chi connectivity index (χ4v) is 3.09. The zero-order valence-electron chi connectivity index (χ0n) is 14.1. The van der Waals surface area contributed by atoms with Crippen LogP contribution in [0.1, 0.15) is 10.5 Å². The van der Waals surface area contributed by atoms with Crippen LogP contribution in [-0.2, 0) is 0 Å². The van der Waals surface area contributed by atoms with E-state index in [2.05, 4.69) is 20.1 Å². The molecule has 1 aliphatic rings. The number of carbonyl (C=O) groups is 1. The number of benzene rings is 1. The van der Waals surface area contributed by atoms with Gasteiger partial charge in [0.15, 0.2) is 0 Å². The van der Waals surface area contributed by atoms with Crippen molar-refractivity contribution >= 4 is 11.6 Å². The first-order valence-corrected chi connectivity index (χ1v) is 8.46. The highest BCUT2D eigenvalue weighted by molar-refractivity contribution is 5.93. The van der Waals surface area contributed by atoms with Crippen LogP contribution in [0.3, 0.4) is 0 Å². The maximum Gasteiger partial charge on any atom is 0.272 e. The van der Waals surface area contributed by atoms with Gasteiger partial charge in [0.1, 0.15) is 11.5 Å². The van der Waals surface area contributed by atoms with Gasteiger partial charge in [-0.3, -0.25) is 14.9 Å². The fourth-order valence-electron chi connectivity index (χ4n) is 3.09. The number of hydrogen-bond acceptors (Lipinski definition) is 4. The lowest BCUT2D eigenvalue weighted by molar-refractivity contribution is 0.0741. The molecule has 0 bridgehead atoms. The summed E-state index contributed by atoms with van der Waals surface area (Å²) in [5.41, 5.74) is 3.09. The van der Waals surface area contributed by atoms with Gasteiger partial charge in [-0.05, 0) is 42.5 Å². The van der Waals surface area contributed by atoms with E-state index in [1.807, 2.05) is 17.0 Å². The summed E-state index contributed by atoms with van der Waals surface area (Å²) in [6, 6.07) is 11.9. The first-order chi connectivity index (χ1) is 12.7. The van der Waals surface area contributed by atoms with Gasteiger partial charge in [-0.25, -0.2) is 4.39 Å². The smallest absolute Gasteiger partial charge is 0.272 e. The zero-order valence-corrected chi connectivity index (χ0v) is 14.1. The Bertz CT molecular complexity index is 886. The number of piperazine rings is 1. The Morgan fingerprint density at radius 2 is 1.69 bits per heavy atom. The van der Waals surface area contributed by atoms with Crippen molar-refractivity contribution in [3.63, 3.8) is 0 Å². The number of halogens is 1. The number of anilines is 1. The Morgan fingerprint density at radius 1 is 1.00 bits per heavy atom. The standard InChI is InChI=1S/C19H18FN5O/c20-15-1-3-16(4-2-15)24-9-11-25(12-10-24)19(26)18-13-17(22-23-18)14-5-7-21-8-6-14/h1-8,13H,9-12H2,(H,22,23). The second-order valence-electron chi connectivity index (χ2n) is 6.16. The number of aromatic amines is 1. The predicted molar refractivity (Wildman–Crippen MR) is 96.3 cm³/mol. The van der Waals surface area contributed by atoms with E-state index in [0.717, 1.165) is 16.9 Å². The third-order valence-corrected chi connectivity index (χ3v) is 4.54. The summed E-state index contributed by atoms with van der Waals surface area (Å²) in [6.07, 6.45) is 3.39. The van der Waals surface area contributed by atoms with Crippen LogP contribution >= 0.6 is 0 Å². The molecule has 1 saturated heterocycles. The first kappa shape index (κ1) is 16.3. The Balaban J connectivity index is 1.41. The fraction of sp³-hybridized carbons (Fsp3) is 0.211. The van der Waals surface area contributed by atoms with Gasteiger partial charge in [-0.2, -0.15) is 5.10 Å². The van der Waals surface area contributed by atoms with Gasteiger partial charge in [0.05, 0.1) is 5.69 Å². The van der Waals surface area contributed by atoms with Gasteiger partial charge in [0.25, 0.3) is 5.91 Å². The van der Waals surface area contributed by atoms with Gasteiger partial charge in [-0.15, -0.1) is 0 Å². The molecule has 1 N–H and O–H groups in total. The number of hydrogen-bond donors (Lipinski definition) is 1. The molecule has 0 spiro atoms. The van der Waals surface area contributed by atoms with Crippen molar-refractivity contribution in [2.45, 2.75) is 0 Å². The number of nitrogens with one attached hydrogen (secondary N) is 1. The monoisotopic (exact) mass is 351 g/mol. The van der Waals surface area contributed by atoms with Crippen molar-refractivity contribution in [2.75, 3.05) is 31.1 Å². The number of rotatable bonds is 3. The van der Waals surface area contributed by atoms with Crippen molar-refractivity contribution in [2.24, 2.45) is 0 Å². The second kappa shape index (κ2) is 6.95. The lowest BCUT2D eigenvalue weighted by Crippen LogP contribution is -2.48. The molecular formula is C19H18FN5O. The molecule has 1 aliphatic heterocycles. The average molecular weight is 351 g/mol. The Kier molecular flexibility index (Phi) is 4.35. The summed E-state index contributed by atoms with van der Waals surface area (Å²) in [7, 11) is 0. The number of carbonyl (C=O) groups excluding carboxylic acids is 1. The molecule has 0 saturated carbocycles. The Hall–Kier alpha value is -3.22. The maximum absolute atomic E-state index is 13.0. The molecule has 6 nitrogen and oxygen atoms in total. The van der Waals surface area contributed by atoms with Crippen LogP contribution in [0.4, 0.5) is 10.1 Å². The van der Waals surface area contributed by atoms with Crippen LogP contribution in [-0.4, -0.2) is 52.2 Å². The molecule has 0 radical (unpaired) electrons. The molecule has 2 aromatic heterocycles. The Labute approximate surface area is 150 Å². The molecule has 7 heteroatoms. The second-order valence-corrected chi connectivity index (χ2v) is 6.16. The molecule has 1 fully saturated rings. The molecule has 4 rings (SSSR count). The van der Waals surface area contributed by atoms with Crippen LogP contribution in [0, 0.1) is 5.82 Å². The highest BCUT2D eigenvalue weighted by Crippen LogP contribution is 2.20. The summed E-state index contributed by atoms with van der Waals surface area (Å²) in [6.45, 7) is 2.64. The molecule has 0 atom stereocenters. The molecule has 3 aromatic rings. The average Bonchev–Trinajstić information content (AvgIpc) is 3.19. The molecule has 0 unspecified atom stereocenters. The molecule has 0 aliphatic carbocycles. The van der Waals surface area contributed by atoms with E-state index in [1.165, 1.54) is 12.1 Å². The lowest BCUT2D eigenvalue weighted by atomic mass is 10.2. The number of aromatic nitrogens is 3. The zero-order chi connectivity index (χ0) is 17.9. The van der Waals surface area contributed by atoms with E-state index in [9.17, 15) is 9.18 Å². The summed E-state index contributed by atoms with van der Waals surface area (Å²) >= 11 is 0. The minimum atomic E-state index is -0.244. The Morgan fingerprint density at radius 3 is 2.38 bits per heavy atom. The summed E-state index contributed by atoms with van der Waals surface area (Å²) < 4.78 is 13.0. The van der Waals surface area contributed by atoms with Crippen molar-refractivity contribution < 1.29 is 9.18 Å². The van der Waals surface area contributed by atoms with Crippen molar-refractivity contribution in [1.29, 1.82) is 0 Å². The maximum atomic E-state index is 13.0. The highest BCUT2D eigenvalue weighted by Gasteiger charge is 2.23. The molecule has 26 heavy (non-hydrogen) atoms. The third-order valence-electron chi connectivity index (χ3n) is 4.54. The van der Waals surface area contributed by atoms with Gasteiger partial charge in [0, 0.05) is 49.8 Å². The normalized spacial score (nSPS) is 14.5. The van der Waals surface area contributed by atoms with Crippen LogP contribution in [0.5, 0.6) is 0 Å². The SMILES string of the molecule is O=C(c1cc(-c2ccncc2)n[nH]1)N1CCN(c2ccc(F)cc2)CC1. The van der Waals surface area contributed by atoms with E-state index in [4.69, 9.17) is 0 Å². The van der Waals surface area contributed by atoms with Crippen LogP contribution in [0.2, 0.25) is 0 Å². The van der Waals surface area contributed by atoms with Crippen LogP contribution in [0.25, 0.3) is 11.3 Å². The van der Waals surface area contributed by atoms with Crippen molar-refractivity contribution in [1.82, 2.24) is 20.1 Å². The molecule has 1 amide bonds. The predicted octanol–water partition coefficient (Wildman–Crippen LogP) is 2.57. The molecule has 1 aromatic carbocycles. The minimum Gasteiger partial charge on any atom is -0.368 e. The van der Waals surface area contributed by atoms with Crippen LogP contribution < -0.4 is 4.90 Å². The summed E-state index contributed by atoms with van der Waals surface area (Å²) in [5, 5.41) is 7.06. The van der Waals surface area contributed by atoms with Gasteiger partial charge in [0.2, 0.25) is 0 Å². The van der Waals surface area contributed by atoms with E-state index in [1.54, 1.807) is 30.6 Å². The van der Waals surface area contributed by atoms with E-state index in [-0.39, 0.29) is 11.7 Å². The van der Waals surface area contributed by atoms with E-state index >= 15 is 0 Å². The van der Waals surface area contributed by atoms with E-state index in [0.29, 0.717) is 31.9 Å².